The molecule has 0 radical (unpaired) electrons. The maximum absolute atomic E-state index is 9.91. The first kappa shape index (κ1) is 13.6. The first-order chi connectivity index (χ1) is 8.36. The van der Waals surface area contributed by atoms with Crippen molar-refractivity contribution in [3.8, 4) is 5.75 Å². The van der Waals surface area contributed by atoms with E-state index >= 15 is 0 Å². The molecule has 1 aromatic carbocycles. The van der Waals surface area contributed by atoms with Crippen molar-refractivity contribution in [1.29, 1.82) is 0 Å². The van der Waals surface area contributed by atoms with Crippen molar-refractivity contribution in [3.05, 3.63) is 29.8 Å². The van der Waals surface area contributed by atoms with Crippen LogP contribution in [0.5, 0.6) is 5.75 Å². The van der Waals surface area contributed by atoms with Crippen molar-refractivity contribution >= 4 is 6.47 Å². The first-order valence-corrected chi connectivity index (χ1v) is 6.05. The third-order valence-electron chi connectivity index (χ3n) is 2.68. The topological polar surface area (TPSA) is 35.5 Å². The van der Waals surface area contributed by atoms with Crippen LogP contribution in [0.1, 0.15) is 31.2 Å². The van der Waals surface area contributed by atoms with Crippen LogP contribution in [0.15, 0.2) is 24.3 Å². The van der Waals surface area contributed by atoms with Gasteiger partial charge in [0.25, 0.3) is 6.47 Å². The number of unbranched alkanes of at least 4 members (excludes halogenated alkanes) is 3. The Bertz CT molecular complexity index is 323. The highest BCUT2D eigenvalue weighted by Crippen LogP contribution is 2.15. The molecule has 0 saturated heterocycles. The van der Waals surface area contributed by atoms with E-state index in [0.717, 1.165) is 31.4 Å². The summed E-state index contributed by atoms with van der Waals surface area (Å²) in [6.45, 7) is 1.05. The highest BCUT2D eigenvalue weighted by atomic mass is 16.5. The number of ether oxygens (including phenoxy) is 2. The van der Waals surface area contributed by atoms with Crippen molar-refractivity contribution in [2.75, 3.05) is 13.7 Å². The molecule has 0 aliphatic heterocycles. The Kier molecular flexibility index (Phi) is 6.87. The van der Waals surface area contributed by atoms with Gasteiger partial charge < -0.3 is 9.47 Å². The van der Waals surface area contributed by atoms with Crippen LogP contribution in [-0.2, 0) is 16.0 Å². The SMILES string of the molecule is COc1cccc(CCCCCCOC=O)c1. The molecule has 0 saturated carbocycles. The Morgan fingerprint density at radius 2 is 2.00 bits per heavy atom. The van der Waals surface area contributed by atoms with E-state index in [2.05, 4.69) is 16.9 Å². The first-order valence-electron chi connectivity index (χ1n) is 6.05. The smallest absolute Gasteiger partial charge is 0.293 e. The third kappa shape index (κ3) is 5.95. The third-order valence-corrected chi connectivity index (χ3v) is 2.68. The number of rotatable bonds is 9. The van der Waals surface area contributed by atoms with Crippen molar-refractivity contribution in [2.45, 2.75) is 32.1 Å². The van der Waals surface area contributed by atoms with E-state index in [-0.39, 0.29) is 0 Å². The quantitative estimate of drug-likeness (QED) is 0.488. The Morgan fingerprint density at radius 1 is 1.18 bits per heavy atom. The summed E-state index contributed by atoms with van der Waals surface area (Å²) in [6, 6.07) is 8.18. The Labute approximate surface area is 103 Å². The lowest BCUT2D eigenvalue weighted by molar-refractivity contribution is -0.128. The van der Waals surface area contributed by atoms with E-state index in [0.29, 0.717) is 13.1 Å². The van der Waals surface area contributed by atoms with Gasteiger partial charge in [0.05, 0.1) is 13.7 Å². The fourth-order valence-electron chi connectivity index (χ4n) is 1.74. The zero-order valence-corrected chi connectivity index (χ0v) is 10.4. The molecule has 0 bridgehead atoms. The zero-order valence-electron chi connectivity index (χ0n) is 10.4. The minimum Gasteiger partial charge on any atom is -0.497 e. The van der Waals surface area contributed by atoms with E-state index in [1.807, 2.05) is 12.1 Å². The lowest BCUT2D eigenvalue weighted by Crippen LogP contribution is -1.92. The number of benzene rings is 1. The van der Waals surface area contributed by atoms with Crippen LogP contribution in [0.4, 0.5) is 0 Å². The van der Waals surface area contributed by atoms with Gasteiger partial charge in [-0.15, -0.1) is 0 Å². The fraction of sp³-hybridized carbons (Fsp3) is 0.500. The summed E-state index contributed by atoms with van der Waals surface area (Å²) >= 11 is 0. The zero-order chi connectivity index (χ0) is 12.3. The normalized spacial score (nSPS) is 9.94. The van der Waals surface area contributed by atoms with Gasteiger partial charge in [-0.1, -0.05) is 25.0 Å². The second-order valence-electron chi connectivity index (χ2n) is 3.98. The van der Waals surface area contributed by atoms with Gasteiger partial charge >= 0.3 is 0 Å². The van der Waals surface area contributed by atoms with E-state index in [9.17, 15) is 4.79 Å². The van der Waals surface area contributed by atoms with Gasteiger partial charge in [-0.3, -0.25) is 4.79 Å². The van der Waals surface area contributed by atoms with Gasteiger partial charge in [-0.25, -0.2) is 0 Å². The molecule has 17 heavy (non-hydrogen) atoms. The van der Waals surface area contributed by atoms with Crippen molar-refractivity contribution in [1.82, 2.24) is 0 Å². The average molecular weight is 236 g/mol. The van der Waals surface area contributed by atoms with E-state index in [1.54, 1.807) is 7.11 Å². The van der Waals surface area contributed by atoms with Crippen LogP contribution in [-0.4, -0.2) is 20.2 Å². The summed E-state index contributed by atoms with van der Waals surface area (Å²) in [5, 5.41) is 0. The monoisotopic (exact) mass is 236 g/mol. The Morgan fingerprint density at radius 3 is 2.76 bits per heavy atom. The number of hydrogen-bond acceptors (Lipinski definition) is 3. The van der Waals surface area contributed by atoms with Crippen molar-refractivity contribution in [2.24, 2.45) is 0 Å². The van der Waals surface area contributed by atoms with Crippen LogP contribution in [0.25, 0.3) is 0 Å². The molecule has 3 heteroatoms. The summed E-state index contributed by atoms with van der Waals surface area (Å²) in [4.78, 5) is 9.91. The second kappa shape index (κ2) is 8.62. The maximum Gasteiger partial charge on any atom is 0.293 e. The maximum atomic E-state index is 9.91. The standard InChI is InChI=1S/C14H20O3/c1-16-14-9-6-8-13(11-14)7-4-2-3-5-10-17-12-15/h6,8-9,11-12H,2-5,7,10H2,1H3. The molecular weight excluding hydrogens is 216 g/mol. The fourth-order valence-corrected chi connectivity index (χ4v) is 1.74. The highest BCUT2D eigenvalue weighted by Gasteiger charge is 1.96. The van der Waals surface area contributed by atoms with Crippen LogP contribution in [0, 0.1) is 0 Å². The minimum absolute atomic E-state index is 0.510. The molecule has 3 nitrogen and oxygen atoms in total. The van der Waals surface area contributed by atoms with E-state index in [4.69, 9.17) is 4.74 Å². The Hall–Kier alpha value is -1.51. The molecule has 0 spiro atoms. The molecular formula is C14H20O3. The molecule has 0 N–H and O–H groups in total. The average Bonchev–Trinajstić information content (AvgIpc) is 2.38. The molecule has 1 aromatic rings. The van der Waals surface area contributed by atoms with E-state index < -0.39 is 0 Å². The second-order valence-corrected chi connectivity index (χ2v) is 3.98. The summed E-state index contributed by atoms with van der Waals surface area (Å²) in [7, 11) is 1.69. The van der Waals surface area contributed by atoms with E-state index in [1.165, 1.54) is 12.0 Å². The van der Waals surface area contributed by atoms with Gasteiger partial charge in [-0.05, 0) is 37.0 Å². The molecule has 0 amide bonds. The summed E-state index contributed by atoms with van der Waals surface area (Å²) < 4.78 is 9.81. The van der Waals surface area contributed by atoms with Gasteiger partial charge in [0.2, 0.25) is 0 Å². The van der Waals surface area contributed by atoms with Gasteiger partial charge in [-0.2, -0.15) is 0 Å². The number of aryl methyl sites for hydroxylation is 1. The molecule has 0 atom stereocenters. The summed E-state index contributed by atoms with van der Waals surface area (Å²) in [5.41, 5.74) is 1.31. The molecule has 0 aliphatic carbocycles. The summed E-state index contributed by atoms with van der Waals surface area (Å²) in [5.74, 6) is 0.918. The lowest BCUT2D eigenvalue weighted by atomic mass is 10.1. The molecule has 0 unspecified atom stereocenters. The van der Waals surface area contributed by atoms with Crippen LogP contribution >= 0.6 is 0 Å². The molecule has 0 aliphatic rings. The number of carbonyl (C=O) groups is 1. The van der Waals surface area contributed by atoms with Crippen LogP contribution < -0.4 is 4.74 Å². The van der Waals surface area contributed by atoms with Gasteiger partial charge in [0.1, 0.15) is 5.75 Å². The molecule has 0 fully saturated rings. The van der Waals surface area contributed by atoms with Gasteiger partial charge in [0.15, 0.2) is 0 Å². The number of methoxy groups -OCH3 is 1. The molecule has 0 heterocycles. The molecule has 0 aromatic heterocycles. The summed E-state index contributed by atoms with van der Waals surface area (Å²) in [6.07, 6.45) is 5.47. The van der Waals surface area contributed by atoms with Crippen LogP contribution in [0.2, 0.25) is 0 Å². The van der Waals surface area contributed by atoms with Gasteiger partial charge in [0, 0.05) is 0 Å². The predicted octanol–water partition coefficient (Wildman–Crippen LogP) is 2.97. The minimum atomic E-state index is 0.510. The van der Waals surface area contributed by atoms with Crippen molar-refractivity contribution in [3.63, 3.8) is 0 Å². The number of carbonyl (C=O) groups excluding carboxylic acids is 1. The number of hydrogen-bond donors (Lipinski definition) is 0. The Balaban J connectivity index is 2.11. The molecule has 1 rings (SSSR count). The predicted molar refractivity (Wildman–Crippen MR) is 67.2 cm³/mol. The largest absolute Gasteiger partial charge is 0.497 e. The van der Waals surface area contributed by atoms with Crippen molar-refractivity contribution < 1.29 is 14.3 Å². The highest BCUT2D eigenvalue weighted by molar-refractivity contribution is 5.36. The lowest BCUT2D eigenvalue weighted by Gasteiger charge is -2.04. The van der Waals surface area contributed by atoms with Crippen LogP contribution in [0.3, 0.4) is 0 Å². The molecule has 94 valence electrons.